The van der Waals surface area contributed by atoms with Gasteiger partial charge in [0.1, 0.15) is 0 Å². The summed E-state index contributed by atoms with van der Waals surface area (Å²) >= 11 is 0. The van der Waals surface area contributed by atoms with Crippen LogP contribution in [0.15, 0.2) is 11.1 Å². The largest absolute Gasteiger partial charge is 0.0670 e. The minimum atomic E-state index is 1.06. The van der Waals surface area contributed by atoms with Gasteiger partial charge in [0.15, 0.2) is 0 Å². The standard InChI is InChI=1S/C20H28/c1-11-5-17-7-12(1)8-18(6-11)20(17)19-10-15-3-13-2-14(15)9-16(19)4-13/h11-18H,1-10H2/t11?,12?,13-,14-,15+,16+,17?,18?/m0/s1. The van der Waals surface area contributed by atoms with Gasteiger partial charge in [-0.1, -0.05) is 11.1 Å². The van der Waals surface area contributed by atoms with Gasteiger partial charge in [0.05, 0.1) is 0 Å². The van der Waals surface area contributed by atoms with Gasteiger partial charge in [-0.3, -0.25) is 0 Å². The fourth-order valence-electron chi connectivity index (χ4n) is 8.24. The van der Waals surface area contributed by atoms with Crippen molar-refractivity contribution in [3.05, 3.63) is 11.1 Å². The molecule has 20 heavy (non-hydrogen) atoms. The molecule has 7 bridgehead atoms. The Kier molecular flexibility index (Phi) is 2.11. The third-order valence-corrected chi connectivity index (χ3v) is 8.51. The lowest BCUT2D eigenvalue weighted by Gasteiger charge is -2.53. The summed E-state index contributed by atoms with van der Waals surface area (Å²) in [4.78, 5) is 0. The number of allylic oxidation sites excluding steroid dienone is 2. The Labute approximate surface area is 123 Å². The molecule has 7 saturated carbocycles. The van der Waals surface area contributed by atoms with E-state index in [0.717, 1.165) is 47.3 Å². The zero-order chi connectivity index (χ0) is 12.8. The van der Waals surface area contributed by atoms with Crippen LogP contribution in [0.25, 0.3) is 0 Å². The van der Waals surface area contributed by atoms with Gasteiger partial charge in [-0.05, 0) is 112 Å². The van der Waals surface area contributed by atoms with E-state index in [1.54, 1.807) is 64.2 Å². The molecule has 7 aliphatic carbocycles. The van der Waals surface area contributed by atoms with E-state index in [2.05, 4.69) is 11.1 Å². The lowest BCUT2D eigenvalue weighted by Crippen LogP contribution is -2.42. The molecule has 108 valence electrons. The van der Waals surface area contributed by atoms with E-state index in [4.69, 9.17) is 0 Å². The minimum absolute atomic E-state index is 1.06. The van der Waals surface area contributed by atoms with E-state index >= 15 is 0 Å². The first-order chi connectivity index (χ1) is 9.83. The highest BCUT2D eigenvalue weighted by atomic mass is 14.6. The molecule has 0 spiro atoms. The normalized spacial score (nSPS) is 58.8. The van der Waals surface area contributed by atoms with Gasteiger partial charge in [-0.15, -0.1) is 0 Å². The monoisotopic (exact) mass is 268 g/mol. The quantitative estimate of drug-likeness (QED) is 0.530. The number of hydrogen-bond donors (Lipinski definition) is 0. The molecule has 7 fully saturated rings. The highest BCUT2D eigenvalue weighted by Gasteiger charge is 2.51. The molecule has 0 heteroatoms. The van der Waals surface area contributed by atoms with Crippen LogP contribution in [0.3, 0.4) is 0 Å². The zero-order valence-electron chi connectivity index (χ0n) is 12.7. The Balaban J connectivity index is 1.43. The van der Waals surface area contributed by atoms with Crippen LogP contribution in [0.2, 0.25) is 0 Å². The summed E-state index contributed by atoms with van der Waals surface area (Å²) in [7, 11) is 0. The molecule has 7 rings (SSSR count). The molecule has 0 aromatic heterocycles. The molecule has 0 aromatic rings. The first-order valence-corrected chi connectivity index (χ1v) is 9.56. The van der Waals surface area contributed by atoms with Gasteiger partial charge in [-0.25, -0.2) is 0 Å². The highest BCUT2D eigenvalue weighted by molar-refractivity contribution is 5.31. The molecule has 0 radical (unpaired) electrons. The van der Waals surface area contributed by atoms with E-state index in [9.17, 15) is 0 Å². The van der Waals surface area contributed by atoms with Crippen molar-refractivity contribution in [2.75, 3.05) is 0 Å². The summed E-state index contributed by atoms with van der Waals surface area (Å²) in [5, 5.41) is 0. The zero-order valence-corrected chi connectivity index (χ0v) is 12.7. The van der Waals surface area contributed by atoms with Gasteiger partial charge in [0.25, 0.3) is 0 Å². The SMILES string of the molecule is C1C2CC3CC1CC(C2)C3=C1C[C@H]2C[C@H]3C[C@@H]1C[C@@H]2C3. The van der Waals surface area contributed by atoms with Crippen LogP contribution in [0.4, 0.5) is 0 Å². The maximum atomic E-state index is 2.09. The van der Waals surface area contributed by atoms with Crippen LogP contribution < -0.4 is 0 Å². The molecular formula is C20H28. The first kappa shape index (κ1) is 11.3. The van der Waals surface area contributed by atoms with Gasteiger partial charge < -0.3 is 0 Å². The van der Waals surface area contributed by atoms with Crippen LogP contribution in [0, 0.1) is 47.3 Å². The molecule has 7 aliphatic rings. The average Bonchev–Trinajstić information content (AvgIpc) is 2.61. The van der Waals surface area contributed by atoms with Crippen molar-refractivity contribution in [1.82, 2.24) is 0 Å². The second-order valence-electron chi connectivity index (χ2n) is 9.52. The molecule has 0 nitrogen and oxygen atoms in total. The van der Waals surface area contributed by atoms with Crippen LogP contribution in [-0.4, -0.2) is 0 Å². The fraction of sp³-hybridized carbons (Fsp3) is 0.900. The summed E-state index contributed by atoms with van der Waals surface area (Å²) in [5.41, 5.74) is 4.16. The molecule has 0 aromatic carbocycles. The van der Waals surface area contributed by atoms with Crippen molar-refractivity contribution in [3.8, 4) is 0 Å². The van der Waals surface area contributed by atoms with E-state index < -0.39 is 0 Å². The van der Waals surface area contributed by atoms with Crippen molar-refractivity contribution in [3.63, 3.8) is 0 Å². The number of fused-ring (bicyclic) bond motifs is 2. The second-order valence-corrected chi connectivity index (χ2v) is 9.52. The van der Waals surface area contributed by atoms with E-state index in [1.165, 1.54) is 0 Å². The second kappa shape index (κ2) is 3.73. The van der Waals surface area contributed by atoms with E-state index in [-0.39, 0.29) is 0 Å². The molecule has 0 unspecified atom stereocenters. The lowest BCUT2D eigenvalue weighted by atomic mass is 9.52. The average molecular weight is 268 g/mol. The smallest absolute Gasteiger partial charge is 0.0192 e. The van der Waals surface area contributed by atoms with Crippen molar-refractivity contribution in [2.45, 2.75) is 64.2 Å². The Morgan fingerprint density at radius 3 is 1.85 bits per heavy atom. The van der Waals surface area contributed by atoms with Crippen molar-refractivity contribution in [2.24, 2.45) is 47.3 Å². The van der Waals surface area contributed by atoms with Crippen LogP contribution >= 0.6 is 0 Å². The third kappa shape index (κ3) is 1.39. The Hall–Kier alpha value is -0.260. The van der Waals surface area contributed by atoms with Gasteiger partial charge >= 0.3 is 0 Å². The Morgan fingerprint density at radius 2 is 1.10 bits per heavy atom. The predicted molar refractivity (Wildman–Crippen MR) is 81.1 cm³/mol. The van der Waals surface area contributed by atoms with Crippen molar-refractivity contribution >= 4 is 0 Å². The summed E-state index contributed by atoms with van der Waals surface area (Å²) in [6.07, 6.45) is 16.0. The maximum Gasteiger partial charge on any atom is -0.0192 e. The number of rotatable bonds is 0. The summed E-state index contributed by atoms with van der Waals surface area (Å²) < 4.78 is 0. The molecule has 0 aliphatic heterocycles. The highest BCUT2D eigenvalue weighted by Crippen LogP contribution is 2.62. The number of hydrogen-bond acceptors (Lipinski definition) is 0. The van der Waals surface area contributed by atoms with Crippen molar-refractivity contribution in [1.29, 1.82) is 0 Å². The maximum absolute atomic E-state index is 2.09. The van der Waals surface area contributed by atoms with Gasteiger partial charge in [0.2, 0.25) is 0 Å². The summed E-state index contributed by atoms with van der Waals surface area (Å²) in [6.45, 7) is 0. The van der Waals surface area contributed by atoms with Gasteiger partial charge in [0, 0.05) is 0 Å². The van der Waals surface area contributed by atoms with E-state index in [1.807, 2.05) is 0 Å². The van der Waals surface area contributed by atoms with Gasteiger partial charge in [-0.2, -0.15) is 0 Å². The van der Waals surface area contributed by atoms with Crippen LogP contribution in [0.1, 0.15) is 64.2 Å². The lowest BCUT2D eigenvalue weighted by molar-refractivity contribution is 0.0647. The predicted octanol–water partition coefficient (Wildman–Crippen LogP) is 5.20. The summed E-state index contributed by atoms with van der Waals surface area (Å²) in [5.74, 6) is 8.88. The third-order valence-electron chi connectivity index (χ3n) is 8.51. The Morgan fingerprint density at radius 1 is 0.500 bits per heavy atom. The van der Waals surface area contributed by atoms with E-state index in [0.29, 0.717) is 0 Å². The molecule has 0 amide bonds. The van der Waals surface area contributed by atoms with Crippen LogP contribution in [0.5, 0.6) is 0 Å². The Bertz CT molecular complexity index is 452. The van der Waals surface area contributed by atoms with Crippen molar-refractivity contribution < 1.29 is 0 Å². The molecule has 0 heterocycles. The molecule has 0 N–H and O–H groups in total. The molecule has 4 atom stereocenters. The molecule has 0 saturated heterocycles. The van der Waals surface area contributed by atoms with Crippen LogP contribution in [-0.2, 0) is 0 Å². The fourth-order valence-corrected chi connectivity index (χ4v) is 8.24. The summed E-state index contributed by atoms with van der Waals surface area (Å²) in [6, 6.07) is 0. The first-order valence-electron chi connectivity index (χ1n) is 9.56. The minimum Gasteiger partial charge on any atom is -0.0670 e. The topological polar surface area (TPSA) is 0 Å². The molecular weight excluding hydrogens is 240 g/mol.